The summed E-state index contributed by atoms with van der Waals surface area (Å²) in [5.74, 6) is 0. The summed E-state index contributed by atoms with van der Waals surface area (Å²) in [4.78, 5) is 0. The van der Waals surface area contributed by atoms with Crippen molar-refractivity contribution >= 4 is 0 Å². The number of hydrogen-bond donors (Lipinski definition) is 0. The van der Waals surface area contributed by atoms with Crippen LogP contribution in [-0.2, 0) is 0 Å². The zero-order valence-corrected chi connectivity index (χ0v) is 4.91. The number of allylic oxidation sites excluding steroid dienone is 2. The van der Waals surface area contributed by atoms with Crippen LogP contribution in [0.5, 0.6) is 0 Å². The first kappa shape index (κ1) is 8.53. The van der Waals surface area contributed by atoms with Gasteiger partial charge in [-0.2, -0.15) is 13.2 Å². The molecule has 0 nitrogen and oxygen atoms in total. The van der Waals surface area contributed by atoms with E-state index in [-0.39, 0.29) is 6.42 Å². The third-order valence-electron chi connectivity index (χ3n) is 0.761. The first-order valence-electron chi connectivity index (χ1n) is 2.57. The monoisotopic (exact) mass is 137 g/mol. The third kappa shape index (κ3) is 7.53. The fraction of sp³-hybridized carbons (Fsp3) is 0.500. The molecule has 0 atom stereocenters. The number of rotatable bonds is 2. The van der Waals surface area contributed by atoms with Crippen LogP contribution in [-0.4, -0.2) is 6.18 Å². The summed E-state index contributed by atoms with van der Waals surface area (Å²) >= 11 is 0. The lowest BCUT2D eigenvalue weighted by Gasteiger charge is -2.01. The van der Waals surface area contributed by atoms with Gasteiger partial charge in [0.2, 0.25) is 0 Å². The molecule has 0 unspecified atom stereocenters. The molecule has 0 aromatic rings. The molecule has 0 spiro atoms. The van der Waals surface area contributed by atoms with Crippen molar-refractivity contribution in [2.45, 2.75) is 19.0 Å². The molecule has 0 heterocycles. The van der Waals surface area contributed by atoms with Crippen LogP contribution in [0.2, 0.25) is 0 Å². The highest BCUT2D eigenvalue weighted by Gasteiger charge is 2.25. The van der Waals surface area contributed by atoms with E-state index in [4.69, 9.17) is 0 Å². The van der Waals surface area contributed by atoms with Crippen molar-refractivity contribution in [1.29, 1.82) is 0 Å². The Labute approximate surface area is 52.4 Å². The number of hydrogen-bond acceptors (Lipinski definition) is 0. The quantitative estimate of drug-likeness (QED) is 0.549. The van der Waals surface area contributed by atoms with Crippen molar-refractivity contribution in [3.05, 3.63) is 19.1 Å². The number of halogens is 3. The maximum Gasteiger partial charge on any atom is 0.389 e. The van der Waals surface area contributed by atoms with Gasteiger partial charge in [0, 0.05) is 6.42 Å². The molecule has 0 N–H and O–H groups in total. The third-order valence-corrected chi connectivity index (χ3v) is 0.761. The second kappa shape index (κ2) is 3.54. The van der Waals surface area contributed by atoms with Gasteiger partial charge in [0.1, 0.15) is 0 Å². The molecule has 0 aliphatic rings. The summed E-state index contributed by atoms with van der Waals surface area (Å²) in [5, 5.41) is 0. The van der Waals surface area contributed by atoms with Crippen LogP contribution >= 0.6 is 0 Å². The summed E-state index contributed by atoms with van der Waals surface area (Å²) in [7, 11) is 0. The fourth-order valence-corrected chi connectivity index (χ4v) is 0.365. The van der Waals surface area contributed by atoms with Crippen molar-refractivity contribution in [3.8, 4) is 0 Å². The van der Waals surface area contributed by atoms with Crippen molar-refractivity contribution in [1.82, 2.24) is 0 Å². The minimum Gasteiger partial charge on any atom is -0.171 e. The molecular formula is C6H8F3. The Balaban J connectivity index is 3.28. The molecule has 9 heavy (non-hydrogen) atoms. The lowest BCUT2D eigenvalue weighted by Crippen LogP contribution is -2.05. The standard InChI is InChI=1S/C6H8F3/c1-2-3-4-5-6(7,8)9/h2-3H,1,4-5H2/b3-2+. The molecule has 53 valence electrons. The summed E-state index contributed by atoms with van der Waals surface area (Å²) in [5.41, 5.74) is 0. The van der Waals surface area contributed by atoms with Crippen LogP contribution in [0.3, 0.4) is 0 Å². The van der Waals surface area contributed by atoms with Crippen LogP contribution < -0.4 is 0 Å². The second-order valence-corrected chi connectivity index (χ2v) is 1.63. The zero-order valence-electron chi connectivity index (χ0n) is 4.91. The van der Waals surface area contributed by atoms with Crippen molar-refractivity contribution in [2.75, 3.05) is 0 Å². The average Bonchev–Trinajstić information content (AvgIpc) is 1.63. The molecule has 3 heteroatoms. The van der Waals surface area contributed by atoms with Crippen LogP contribution in [0.15, 0.2) is 12.2 Å². The molecule has 0 aliphatic heterocycles. The summed E-state index contributed by atoms with van der Waals surface area (Å²) in [6, 6.07) is 0. The Morgan fingerprint density at radius 2 is 1.89 bits per heavy atom. The van der Waals surface area contributed by atoms with Gasteiger partial charge in [0.25, 0.3) is 0 Å². The maximum atomic E-state index is 11.3. The smallest absolute Gasteiger partial charge is 0.171 e. The molecule has 0 amide bonds. The molecular weight excluding hydrogens is 129 g/mol. The molecule has 0 aromatic carbocycles. The van der Waals surface area contributed by atoms with Gasteiger partial charge in [-0.25, -0.2) is 0 Å². The van der Waals surface area contributed by atoms with E-state index in [9.17, 15) is 13.2 Å². The maximum absolute atomic E-state index is 11.3. The van der Waals surface area contributed by atoms with Gasteiger partial charge in [-0.1, -0.05) is 12.2 Å². The minimum atomic E-state index is -4.03. The Hall–Kier alpha value is -0.470. The normalized spacial score (nSPS) is 12.9. The lowest BCUT2D eigenvalue weighted by atomic mass is 10.3. The Morgan fingerprint density at radius 3 is 2.22 bits per heavy atom. The number of alkyl halides is 3. The van der Waals surface area contributed by atoms with Gasteiger partial charge >= 0.3 is 6.18 Å². The molecule has 0 aliphatic carbocycles. The molecule has 1 radical (unpaired) electrons. The zero-order chi connectivity index (χ0) is 7.33. The summed E-state index contributed by atoms with van der Waals surface area (Å²) < 4.78 is 34.0. The highest BCUT2D eigenvalue weighted by Crippen LogP contribution is 2.21. The van der Waals surface area contributed by atoms with Crippen molar-refractivity contribution in [2.24, 2.45) is 0 Å². The van der Waals surface area contributed by atoms with Crippen LogP contribution in [0.4, 0.5) is 13.2 Å². The summed E-state index contributed by atoms with van der Waals surface area (Å²) in [6.45, 7) is 3.26. The predicted molar refractivity (Wildman–Crippen MR) is 29.8 cm³/mol. The van der Waals surface area contributed by atoms with Crippen LogP contribution in [0.25, 0.3) is 0 Å². The van der Waals surface area contributed by atoms with Crippen molar-refractivity contribution in [3.63, 3.8) is 0 Å². The van der Waals surface area contributed by atoms with Gasteiger partial charge in [-0.3, -0.25) is 0 Å². The SMILES string of the molecule is [CH2]/C=C/CCC(F)(F)F. The van der Waals surface area contributed by atoms with Gasteiger partial charge in [0.15, 0.2) is 0 Å². The van der Waals surface area contributed by atoms with Crippen LogP contribution in [0.1, 0.15) is 12.8 Å². The van der Waals surface area contributed by atoms with E-state index in [1.165, 1.54) is 12.2 Å². The molecule has 0 aromatic heterocycles. The first-order chi connectivity index (χ1) is 4.06. The van der Waals surface area contributed by atoms with E-state index < -0.39 is 12.6 Å². The van der Waals surface area contributed by atoms with Crippen LogP contribution in [0, 0.1) is 6.92 Å². The highest BCUT2D eigenvalue weighted by atomic mass is 19.4. The molecule has 0 saturated heterocycles. The van der Waals surface area contributed by atoms with E-state index in [1.54, 1.807) is 0 Å². The van der Waals surface area contributed by atoms with Gasteiger partial charge in [-0.15, -0.1) is 0 Å². The first-order valence-corrected chi connectivity index (χ1v) is 2.57. The highest BCUT2D eigenvalue weighted by molar-refractivity contribution is 4.83. The van der Waals surface area contributed by atoms with E-state index in [2.05, 4.69) is 6.92 Å². The average molecular weight is 137 g/mol. The topological polar surface area (TPSA) is 0 Å². The van der Waals surface area contributed by atoms with Crippen molar-refractivity contribution < 1.29 is 13.2 Å². The van der Waals surface area contributed by atoms with E-state index in [1.807, 2.05) is 0 Å². The van der Waals surface area contributed by atoms with Gasteiger partial charge < -0.3 is 0 Å². The van der Waals surface area contributed by atoms with Gasteiger partial charge in [0.05, 0.1) is 0 Å². The lowest BCUT2D eigenvalue weighted by molar-refractivity contribution is -0.133. The minimum absolute atomic E-state index is 0.0347. The molecule has 0 fully saturated rings. The van der Waals surface area contributed by atoms with E-state index in [0.717, 1.165) is 0 Å². The Morgan fingerprint density at radius 1 is 1.33 bits per heavy atom. The molecule has 0 bridgehead atoms. The molecule has 0 saturated carbocycles. The molecule has 0 rings (SSSR count). The fourth-order valence-electron chi connectivity index (χ4n) is 0.365. The van der Waals surface area contributed by atoms with E-state index >= 15 is 0 Å². The Kier molecular flexibility index (Phi) is 3.35. The summed E-state index contributed by atoms with van der Waals surface area (Å²) in [6.07, 6.45) is -1.98. The second-order valence-electron chi connectivity index (χ2n) is 1.63. The van der Waals surface area contributed by atoms with E-state index in [0.29, 0.717) is 0 Å². The largest absolute Gasteiger partial charge is 0.389 e. The predicted octanol–water partition coefficient (Wildman–Crippen LogP) is 2.72. The van der Waals surface area contributed by atoms with Gasteiger partial charge in [-0.05, 0) is 13.3 Å². The Bertz CT molecular complexity index is 91.0.